The Morgan fingerprint density at radius 2 is 2.00 bits per heavy atom. The molecule has 1 aromatic heterocycles. The van der Waals surface area contributed by atoms with Crippen molar-refractivity contribution in [2.75, 3.05) is 24.5 Å². The Bertz CT molecular complexity index is 852. The molecule has 0 amide bonds. The van der Waals surface area contributed by atoms with Gasteiger partial charge in [-0.05, 0) is 54.9 Å². The van der Waals surface area contributed by atoms with Crippen LogP contribution in [-0.2, 0) is 6.54 Å². The highest BCUT2D eigenvalue weighted by molar-refractivity contribution is 8.03. The number of likely N-dealkylation sites (tertiary alicyclic amines) is 1. The van der Waals surface area contributed by atoms with Gasteiger partial charge in [-0.25, -0.2) is 0 Å². The lowest BCUT2D eigenvalue weighted by atomic mass is 10.2. The first-order chi connectivity index (χ1) is 12.3. The van der Waals surface area contributed by atoms with Crippen molar-refractivity contribution in [2.45, 2.75) is 24.9 Å². The Morgan fingerprint density at radius 3 is 2.88 bits per heavy atom. The fourth-order valence-electron chi connectivity index (χ4n) is 3.93. The van der Waals surface area contributed by atoms with E-state index >= 15 is 0 Å². The van der Waals surface area contributed by atoms with Gasteiger partial charge in [-0.2, -0.15) is 0 Å². The summed E-state index contributed by atoms with van der Waals surface area (Å²) >= 11 is 8.29. The minimum absolute atomic E-state index is 0.206. The topological polar surface area (TPSA) is 14.7 Å². The summed E-state index contributed by atoms with van der Waals surface area (Å²) in [4.78, 5) is 6.92. The standard InChI is InChI=1S/C19H21ClN4S/c20-18-14-23-11-12-25-19(23)24(18)16-4-3-15-5-8-22(17(15)13-16)10-9-21-6-1-2-7-21/h3-5,8,11-14,19H,1-2,6-7,9-10H2. The Hall–Kier alpha value is -1.56. The van der Waals surface area contributed by atoms with Gasteiger partial charge in [-0.1, -0.05) is 29.4 Å². The molecular formula is C19H21ClN4S. The molecule has 25 heavy (non-hydrogen) atoms. The third kappa shape index (κ3) is 2.75. The van der Waals surface area contributed by atoms with Gasteiger partial charge >= 0.3 is 0 Å². The maximum atomic E-state index is 6.51. The highest BCUT2D eigenvalue weighted by Gasteiger charge is 2.34. The number of rotatable bonds is 4. The second-order valence-corrected chi connectivity index (χ2v) is 8.17. The van der Waals surface area contributed by atoms with E-state index in [1.807, 2.05) is 6.20 Å². The molecule has 4 nitrogen and oxygen atoms in total. The molecule has 4 heterocycles. The molecule has 0 radical (unpaired) electrons. The van der Waals surface area contributed by atoms with Crippen LogP contribution in [0.5, 0.6) is 0 Å². The molecule has 1 saturated heterocycles. The van der Waals surface area contributed by atoms with E-state index < -0.39 is 0 Å². The van der Waals surface area contributed by atoms with Crippen molar-refractivity contribution in [1.82, 2.24) is 14.4 Å². The predicted octanol–water partition coefficient (Wildman–Crippen LogP) is 4.40. The Morgan fingerprint density at radius 1 is 1.12 bits per heavy atom. The fraction of sp³-hybridized carbons (Fsp3) is 0.368. The first-order valence-corrected chi connectivity index (χ1v) is 10.2. The van der Waals surface area contributed by atoms with Gasteiger partial charge in [0.1, 0.15) is 5.16 Å². The van der Waals surface area contributed by atoms with E-state index in [0.29, 0.717) is 0 Å². The zero-order valence-electron chi connectivity index (χ0n) is 14.0. The number of halogens is 1. The number of hydrogen-bond donors (Lipinski definition) is 0. The molecule has 2 aromatic rings. The molecule has 3 aliphatic rings. The zero-order chi connectivity index (χ0) is 16.8. The number of nitrogens with zero attached hydrogens (tertiary/aromatic N) is 4. The molecule has 5 rings (SSSR count). The number of fused-ring (bicyclic) bond motifs is 2. The van der Waals surface area contributed by atoms with Crippen LogP contribution in [0, 0.1) is 0 Å². The third-order valence-corrected chi connectivity index (χ3v) is 6.54. The smallest absolute Gasteiger partial charge is 0.163 e. The Labute approximate surface area is 157 Å². The van der Waals surface area contributed by atoms with E-state index in [-0.39, 0.29) is 5.50 Å². The van der Waals surface area contributed by atoms with E-state index in [0.717, 1.165) is 23.9 Å². The summed E-state index contributed by atoms with van der Waals surface area (Å²) in [5.41, 5.74) is 2.65. The predicted molar refractivity (Wildman–Crippen MR) is 106 cm³/mol. The zero-order valence-corrected chi connectivity index (χ0v) is 15.6. The minimum Gasteiger partial charge on any atom is -0.346 e. The Kier molecular flexibility index (Phi) is 3.95. The summed E-state index contributed by atoms with van der Waals surface area (Å²) in [6.07, 6.45) is 8.98. The van der Waals surface area contributed by atoms with Crippen molar-refractivity contribution in [3.8, 4) is 0 Å². The van der Waals surface area contributed by atoms with E-state index in [1.54, 1.807) is 11.8 Å². The highest BCUT2D eigenvalue weighted by atomic mass is 35.5. The van der Waals surface area contributed by atoms with E-state index in [4.69, 9.17) is 11.6 Å². The number of hydrogen-bond acceptors (Lipinski definition) is 4. The van der Waals surface area contributed by atoms with Crippen LogP contribution < -0.4 is 4.90 Å². The molecule has 130 valence electrons. The second-order valence-electron chi connectivity index (χ2n) is 6.82. The average Bonchev–Trinajstić information content (AvgIpc) is 3.37. The van der Waals surface area contributed by atoms with E-state index in [2.05, 4.69) is 61.3 Å². The average molecular weight is 373 g/mol. The van der Waals surface area contributed by atoms with Crippen LogP contribution in [0.2, 0.25) is 0 Å². The summed E-state index contributed by atoms with van der Waals surface area (Å²) < 4.78 is 2.38. The third-order valence-electron chi connectivity index (χ3n) is 5.29. The summed E-state index contributed by atoms with van der Waals surface area (Å²) in [5, 5.41) is 4.18. The fourth-order valence-corrected chi connectivity index (χ4v) is 5.28. The van der Waals surface area contributed by atoms with Gasteiger partial charge in [0.15, 0.2) is 5.50 Å². The summed E-state index contributed by atoms with van der Waals surface area (Å²) in [6, 6.07) is 8.86. The molecule has 6 heteroatoms. The number of benzene rings is 1. The minimum atomic E-state index is 0.206. The van der Waals surface area contributed by atoms with Crippen LogP contribution in [0.15, 0.2) is 53.4 Å². The quantitative estimate of drug-likeness (QED) is 0.738. The van der Waals surface area contributed by atoms with Crippen molar-refractivity contribution >= 4 is 40.0 Å². The van der Waals surface area contributed by atoms with Crippen LogP contribution in [0.25, 0.3) is 10.9 Å². The lowest BCUT2D eigenvalue weighted by Crippen LogP contribution is -2.31. The number of thioether (sulfide) groups is 1. The molecule has 1 unspecified atom stereocenters. The van der Waals surface area contributed by atoms with Crippen molar-refractivity contribution < 1.29 is 0 Å². The van der Waals surface area contributed by atoms with Gasteiger partial charge in [0.05, 0.1) is 5.52 Å². The van der Waals surface area contributed by atoms with Crippen molar-refractivity contribution in [2.24, 2.45) is 0 Å². The molecule has 1 atom stereocenters. The van der Waals surface area contributed by atoms with Gasteiger partial charge in [0.25, 0.3) is 0 Å². The van der Waals surface area contributed by atoms with Crippen LogP contribution in [0.4, 0.5) is 5.69 Å². The maximum absolute atomic E-state index is 6.51. The molecule has 0 bridgehead atoms. The first-order valence-electron chi connectivity index (χ1n) is 8.87. The van der Waals surface area contributed by atoms with Gasteiger partial charge in [-0.15, -0.1) is 0 Å². The normalized spacial score (nSPS) is 23.1. The SMILES string of the molecule is ClC1=CN2C=CSC2N1c1ccc2ccn(CCN3CCCC3)c2c1. The second kappa shape index (κ2) is 6.31. The van der Waals surface area contributed by atoms with Gasteiger partial charge < -0.3 is 14.4 Å². The van der Waals surface area contributed by atoms with Crippen molar-refractivity contribution in [1.29, 1.82) is 0 Å². The number of aromatic nitrogens is 1. The first kappa shape index (κ1) is 15.7. The van der Waals surface area contributed by atoms with Crippen LogP contribution >= 0.6 is 23.4 Å². The maximum Gasteiger partial charge on any atom is 0.163 e. The molecule has 0 N–H and O–H groups in total. The van der Waals surface area contributed by atoms with Crippen molar-refractivity contribution in [3.05, 3.63) is 53.4 Å². The lowest BCUT2D eigenvalue weighted by Gasteiger charge is -2.27. The lowest BCUT2D eigenvalue weighted by molar-refractivity contribution is 0.324. The van der Waals surface area contributed by atoms with Gasteiger partial charge in [0, 0.05) is 37.4 Å². The molecule has 0 aliphatic carbocycles. The Balaban J connectivity index is 1.43. The van der Waals surface area contributed by atoms with Crippen LogP contribution in [0.3, 0.4) is 0 Å². The van der Waals surface area contributed by atoms with Gasteiger partial charge in [0.2, 0.25) is 0 Å². The molecule has 1 aromatic carbocycles. The monoisotopic (exact) mass is 372 g/mol. The number of anilines is 1. The van der Waals surface area contributed by atoms with E-state index in [9.17, 15) is 0 Å². The van der Waals surface area contributed by atoms with Crippen LogP contribution in [0.1, 0.15) is 12.8 Å². The highest BCUT2D eigenvalue weighted by Crippen LogP contribution is 2.41. The molecule has 0 spiro atoms. The van der Waals surface area contributed by atoms with Gasteiger partial charge in [-0.3, -0.25) is 4.90 Å². The largest absolute Gasteiger partial charge is 0.346 e. The summed E-state index contributed by atoms with van der Waals surface area (Å²) in [6.45, 7) is 4.68. The van der Waals surface area contributed by atoms with Crippen molar-refractivity contribution in [3.63, 3.8) is 0 Å². The van der Waals surface area contributed by atoms with E-state index in [1.165, 1.54) is 36.8 Å². The summed E-state index contributed by atoms with van der Waals surface area (Å²) in [5.74, 6) is 0. The van der Waals surface area contributed by atoms with Crippen LogP contribution in [-0.4, -0.2) is 39.5 Å². The summed E-state index contributed by atoms with van der Waals surface area (Å²) in [7, 11) is 0. The molecular weight excluding hydrogens is 352 g/mol. The molecule has 0 saturated carbocycles. The molecule has 3 aliphatic heterocycles. The molecule has 1 fully saturated rings.